The highest BCUT2D eigenvalue weighted by atomic mass is 31.2. The third-order valence-corrected chi connectivity index (χ3v) is 7.14. The van der Waals surface area contributed by atoms with Crippen LogP contribution in [0.1, 0.15) is 104 Å². The summed E-state index contributed by atoms with van der Waals surface area (Å²) in [4.78, 5) is 36.6. The van der Waals surface area contributed by atoms with Crippen LogP contribution >= 0.6 is 7.82 Å². The Morgan fingerprint density at radius 2 is 1.36 bits per heavy atom. The fraction of sp³-hybridized carbons (Fsp3) is 0.750. The van der Waals surface area contributed by atoms with E-state index < -0.39 is 32.5 Å². The molecule has 0 bridgehead atoms. The summed E-state index contributed by atoms with van der Waals surface area (Å²) in [5, 5.41) is 0. The summed E-state index contributed by atoms with van der Waals surface area (Å²) in [6.07, 6.45) is 24.0. The first-order valence-electron chi connectivity index (χ1n) is 15.7. The number of ether oxygens (including phenoxy) is 2. The molecule has 244 valence electrons. The molecule has 0 aromatic carbocycles. The number of allylic oxidation sites excluding steroid dienone is 6. The van der Waals surface area contributed by atoms with Crippen molar-refractivity contribution in [3.8, 4) is 0 Å². The summed E-state index contributed by atoms with van der Waals surface area (Å²) in [6, 6.07) is 0. The average Bonchev–Trinajstić information content (AvgIpc) is 2.91. The van der Waals surface area contributed by atoms with Gasteiger partial charge in [0.2, 0.25) is 0 Å². The summed E-state index contributed by atoms with van der Waals surface area (Å²) < 4.78 is 33.2. The van der Waals surface area contributed by atoms with Crippen molar-refractivity contribution in [2.75, 3.05) is 47.5 Å². The van der Waals surface area contributed by atoms with Crippen LogP contribution in [0, 0.1) is 0 Å². The summed E-state index contributed by atoms with van der Waals surface area (Å²) in [5.74, 6) is -0.890. The Bertz CT molecular complexity index is 835. The zero-order chi connectivity index (χ0) is 31.5. The Morgan fingerprint density at radius 3 is 2.02 bits per heavy atom. The molecule has 0 aromatic rings. The van der Waals surface area contributed by atoms with Crippen LogP contribution in [0.2, 0.25) is 0 Å². The average molecular weight is 616 g/mol. The van der Waals surface area contributed by atoms with Gasteiger partial charge in [-0.1, -0.05) is 82.4 Å². The van der Waals surface area contributed by atoms with Crippen molar-refractivity contribution in [2.45, 2.75) is 110 Å². The highest BCUT2D eigenvalue weighted by Gasteiger charge is 2.21. The Kier molecular flexibility index (Phi) is 24.6. The van der Waals surface area contributed by atoms with E-state index in [1.807, 2.05) is 28.1 Å². The van der Waals surface area contributed by atoms with Gasteiger partial charge in [0.05, 0.1) is 27.7 Å². The topological polar surface area (TPSA) is 111 Å². The number of carbonyl (C=O) groups excluding carboxylic acids is 2. The fourth-order valence-electron chi connectivity index (χ4n) is 3.66. The number of rotatable bonds is 27. The predicted octanol–water partition coefficient (Wildman–Crippen LogP) is 6.82. The zero-order valence-electron chi connectivity index (χ0n) is 26.9. The Hall–Kier alpha value is -1.77. The first kappa shape index (κ1) is 40.2. The minimum absolute atomic E-state index is 0.0357. The number of phosphoric ester groups is 1. The van der Waals surface area contributed by atoms with E-state index in [1.54, 1.807) is 0 Å². The van der Waals surface area contributed by atoms with Gasteiger partial charge in [-0.05, 0) is 44.9 Å². The number of nitrogens with zero attached hydrogens (tertiary/aromatic N) is 1. The van der Waals surface area contributed by atoms with E-state index in [2.05, 4.69) is 43.4 Å². The number of quaternary nitrogens is 1. The molecule has 0 fully saturated rings. The van der Waals surface area contributed by atoms with Crippen molar-refractivity contribution in [3.05, 3.63) is 36.5 Å². The maximum absolute atomic E-state index is 12.4. The van der Waals surface area contributed by atoms with E-state index in [1.165, 1.54) is 0 Å². The standard InChI is InChI=1S/C32H58NO8P/c1-6-8-10-11-12-13-14-15-16-17-18-19-20-21-23-25-32(35)41-30(28-38-31(34)24-22-9-7-2)29-40-42(36,37)39-27-26-33(3,4)5/h8,10,12-13,15-16,30H,6-7,9,11,14,17-29H2,1-5H3/b10-8-,13-12-,16-15-/t30-/m1/s1. The minimum Gasteiger partial charge on any atom is -0.756 e. The lowest BCUT2D eigenvalue weighted by molar-refractivity contribution is -0.870. The van der Waals surface area contributed by atoms with Crippen LogP contribution in [0.5, 0.6) is 0 Å². The molecule has 10 heteroatoms. The van der Waals surface area contributed by atoms with Gasteiger partial charge < -0.3 is 27.9 Å². The number of likely N-dealkylation sites (N-methyl/N-ethyl adjacent to an activating group) is 1. The van der Waals surface area contributed by atoms with E-state index in [-0.39, 0.29) is 26.1 Å². The molecule has 0 saturated heterocycles. The monoisotopic (exact) mass is 615 g/mol. The minimum atomic E-state index is -4.60. The van der Waals surface area contributed by atoms with Crippen molar-refractivity contribution in [2.24, 2.45) is 0 Å². The first-order chi connectivity index (χ1) is 20.0. The van der Waals surface area contributed by atoms with Crippen LogP contribution in [0.4, 0.5) is 0 Å². The quantitative estimate of drug-likeness (QED) is 0.0325. The van der Waals surface area contributed by atoms with E-state index >= 15 is 0 Å². The van der Waals surface area contributed by atoms with Gasteiger partial charge >= 0.3 is 11.9 Å². The Balaban J connectivity index is 4.39. The number of unbranched alkanes of at least 4 members (excludes halogenated alkanes) is 7. The molecule has 0 aliphatic heterocycles. The second-order valence-corrected chi connectivity index (χ2v) is 12.9. The fourth-order valence-corrected chi connectivity index (χ4v) is 4.39. The van der Waals surface area contributed by atoms with Crippen LogP contribution in [0.15, 0.2) is 36.5 Å². The molecule has 0 radical (unpaired) electrons. The lowest BCUT2D eigenvalue weighted by atomic mass is 10.1. The van der Waals surface area contributed by atoms with Gasteiger partial charge in [0, 0.05) is 12.8 Å². The summed E-state index contributed by atoms with van der Waals surface area (Å²) >= 11 is 0. The smallest absolute Gasteiger partial charge is 0.306 e. The van der Waals surface area contributed by atoms with E-state index in [0.717, 1.165) is 64.2 Å². The van der Waals surface area contributed by atoms with Gasteiger partial charge in [0.1, 0.15) is 19.8 Å². The molecule has 2 atom stereocenters. The summed E-state index contributed by atoms with van der Waals surface area (Å²) in [5.41, 5.74) is 0. The van der Waals surface area contributed by atoms with Crippen molar-refractivity contribution >= 4 is 19.8 Å². The lowest BCUT2D eigenvalue weighted by Gasteiger charge is -2.28. The van der Waals surface area contributed by atoms with Crippen LogP contribution in [-0.2, 0) is 32.7 Å². The summed E-state index contributed by atoms with van der Waals surface area (Å²) in [7, 11) is 1.14. The van der Waals surface area contributed by atoms with Crippen molar-refractivity contribution in [1.82, 2.24) is 0 Å². The Labute approximate surface area is 255 Å². The van der Waals surface area contributed by atoms with Gasteiger partial charge in [-0.3, -0.25) is 14.2 Å². The molecule has 1 unspecified atom stereocenters. The first-order valence-corrected chi connectivity index (χ1v) is 17.2. The van der Waals surface area contributed by atoms with Crippen molar-refractivity contribution < 1.29 is 42.1 Å². The molecule has 0 aromatic heterocycles. The predicted molar refractivity (Wildman–Crippen MR) is 167 cm³/mol. The number of hydrogen-bond acceptors (Lipinski definition) is 8. The molecule has 0 spiro atoms. The molecule has 42 heavy (non-hydrogen) atoms. The third kappa shape index (κ3) is 28.4. The number of hydrogen-bond donors (Lipinski definition) is 0. The van der Waals surface area contributed by atoms with Crippen LogP contribution in [0.25, 0.3) is 0 Å². The van der Waals surface area contributed by atoms with Crippen LogP contribution in [-0.4, -0.2) is 70.0 Å². The second kappa shape index (κ2) is 25.7. The normalized spacial score (nSPS) is 14.5. The maximum Gasteiger partial charge on any atom is 0.306 e. The van der Waals surface area contributed by atoms with Crippen molar-refractivity contribution in [1.29, 1.82) is 0 Å². The molecule has 0 aliphatic carbocycles. The van der Waals surface area contributed by atoms with Crippen LogP contribution in [0.3, 0.4) is 0 Å². The summed E-state index contributed by atoms with van der Waals surface area (Å²) in [6.45, 7) is 3.86. The number of carbonyl (C=O) groups is 2. The van der Waals surface area contributed by atoms with Gasteiger partial charge in [0.15, 0.2) is 6.10 Å². The molecule has 0 N–H and O–H groups in total. The van der Waals surface area contributed by atoms with Gasteiger partial charge in [0.25, 0.3) is 7.82 Å². The molecular formula is C32H58NO8P. The van der Waals surface area contributed by atoms with E-state index in [9.17, 15) is 19.0 Å². The second-order valence-electron chi connectivity index (χ2n) is 11.4. The highest BCUT2D eigenvalue weighted by Crippen LogP contribution is 2.38. The third-order valence-electron chi connectivity index (χ3n) is 6.17. The highest BCUT2D eigenvalue weighted by molar-refractivity contribution is 7.45. The molecule has 0 aliphatic rings. The van der Waals surface area contributed by atoms with Gasteiger partial charge in [-0.15, -0.1) is 0 Å². The molecule has 0 rings (SSSR count). The SMILES string of the molecule is CC/C=C\C/C=C\C/C=C\CCCCCCCC(=O)O[C@H](COC(=O)CCCCC)COP(=O)([O-])OCC[N+](C)(C)C. The van der Waals surface area contributed by atoms with Crippen LogP contribution < -0.4 is 4.89 Å². The molecule has 9 nitrogen and oxygen atoms in total. The molecule has 0 saturated carbocycles. The lowest BCUT2D eigenvalue weighted by Crippen LogP contribution is -2.37. The van der Waals surface area contributed by atoms with Gasteiger partial charge in [-0.2, -0.15) is 0 Å². The molecule has 0 heterocycles. The number of phosphoric acid groups is 1. The van der Waals surface area contributed by atoms with Crippen molar-refractivity contribution in [3.63, 3.8) is 0 Å². The van der Waals surface area contributed by atoms with Gasteiger partial charge in [-0.25, -0.2) is 0 Å². The van der Waals surface area contributed by atoms with E-state index in [4.69, 9.17) is 18.5 Å². The molecule has 0 amide bonds. The number of esters is 2. The maximum atomic E-state index is 12.4. The zero-order valence-corrected chi connectivity index (χ0v) is 27.8. The Morgan fingerprint density at radius 1 is 0.762 bits per heavy atom. The van der Waals surface area contributed by atoms with E-state index in [0.29, 0.717) is 23.9 Å². The largest absolute Gasteiger partial charge is 0.756 e. The molecular weight excluding hydrogens is 557 g/mol.